The Morgan fingerprint density at radius 1 is 1.41 bits per heavy atom. The van der Waals surface area contributed by atoms with Crippen LogP contribution in [0.4, 0.5) is 9.80 Å². The summed E-state index contributed by atoms with van der Waals surface area (Å²) in [5.41, 5.74) is 11.7. The Bertz CT molecular complexity index is 910. The molecule has 2 aromatic rings. The van der Waals surface area contributed by atoms with E-state index in [1.54, 1.807) is 23.1 Å². The molecule has 9 nitrogen and oxygen atoms in total. The van der Waals surface area contributed by atoms with Crippen LogP contribution >= 0.6 is 34.7 Å². The minimum Gasteiger partial charge on any atom is -0.472 e. The van der Waals surface area contributed by atoms with Crippen LogP contribution in [-0.4, -0.2) is 53.6 Å². The van der Waals surface area contributed by atoms with Gasteiger partial charge in [0.15, 0.2) is 0 Å². The second-order valence-electron chi connectivity index (χ2n) is 6.16. The molecule has 29 heavy (non-hydrogen) atoms. The highest BCUT2D eigenvalue weighted by Crippen LogP contribution is 2.32. The Labute approximate surface area is 181 Å². The summed E-state index contributed by atoms with van der Waals surface area (Å²) in [4.78, 5) is 26.1. The zero-order valence-electron chi connectivity index (χ0n) is 15.2. The zero-order chi connectivity index (χ0) is 21.0. The molecule has 1 atom stereocenters. The number of ether oxygens (including phenoxy) is 2. The molecular weight excluding hydrogens is 441 g/mol. The number of nitrogens with one attached hydrogen (secondary N) is 1. The van der Waals surface area contributed by atoms with Crippen molar-refractivity contribution in [3.8, 4) is 5.88 Å². The maximum Gasteiger partial charge on any atom is 0.322 e. The van der Waals surface area contributed by atoms with Gasteiger partial charge >= 0.3 is 6.03 Å². The van der Waals surface area contributed by atoms with Crippen molar-refractivity contribution in [1.82, 2.24) is 9.27 Å². The van der Waals surface area contributed by atoms with Crippen molar-refractivity contribution < 1.29 is 19.1 Å². The quantitative estimate of drug-likeness (QED) is 0.606. The van der Waals surface area contributed by atoms with Crippen LogP contribution in [0, 0.1) is 0 Å². The molecular formula is C17H19Cl2N5O4S. The summed E-state index contributed by atoms with van der Waals surface area (Å²) in [6.07, 6.45) is -0.229. The van der Waals surface area contributed by atoms with Crippen molar-refractivity contribution in [2.75, 3.05) is 31.6 Å². The highest BCUT2D eigenvalue weighted by molar-refractivity contribution is 7.11. The molecule has 1 saturated heterocycles. The van der Waals surface area contributed by atoms with E-state index in [2.05, 4.69) is 9.69 Å². The van der Waals surface area contributed by atoms with Crippen LogP contribution in [0.1, 0.15) is 15.9 Å². The molecule has 1 aliphatic heterocycles. The summed E-state index contributed by atoms with van der Waals surface area (Å²) >= 11 is 13.0. The van der Waals surface area contributed by atoms with Gasteiger partial charge in [-0.15, -0.1) is 0 Å². The molecule has 1 fully saturated rings. The van der Waals surface area contributed by atoms with Crippen LogP contribution in [0.25, 0.3) is 0 Å². The molecule has 12 heteroatoms. The van der Waals surface area contributed by atoms with Crippen molar-refractivity contribution in [3.63, 3.8) is 0 Å². The number of carbonyl (C=O) groups is 2. The molecule has 0 aliphatic carbocycles. The van der Waals surface area contributed by atoms with Crippen molar-refractivity contribution in [3.05, 3.63) is 39.4 Å². The summed E-state index contributed by atoms with van der Waals surface area (Å²) in [7, 11) is 0. The highest BCUT2D eigenvalue weighted by atomic mass is 35.5. The fourth-order valence-corrected chi connectivity index (χ4v) is 3.81. The van der Waals surface area contributed by atoms with E-state index in [0.717, 1.165) is 11.5 Å². The molecule has 1 unspecified atom stereocenters. The van der Waals surface area contributed by atoms with E-state index in [9.17, 15) is 9.59 Å². The first-order valence-electron chi connectivity index (χ1n) is 8.63. The predicted octanol–water partition coefficient (Wildman–Crippen LogP) is 2.32. The fourth-order valence-electron chi connectivity index (χ4n) is 2.71. The maximum absolute atomic E-state index is 12.5. The number of morpholine rings is 1. The molecule has 0 radical (unpaired) electrons. The molecule has 156 valence electrons. The van der Waals surface area contributed by atoms with Gasteiger partial charge in [-0.3, -0.25) is 10.1 Å². The Morgan fingerprint density at radius 2 is 2.21 bits per heavy atom. The number of anilines is 1. The lowest BCUT2D eigenvalue weighted by Crippen LogP contribution is -2.49. The molecule has 0 saturated carbocycles. The second-order valence-corrected chi connectivity index (χ2v) is 7.72. The van der Waals surface area contributed by atoms with Gasteiger partial charge in [0.2, 0.25) is 5.88 Å². The average molecular weight is 460 g/mol. The normalized spacial score (nSPS) is 16.5. The van der Waals surface area contributed by atoms with Gasteiger partial charge in [-0.05, 0) is 17.6 Å². The summed E-state index contributed by atoms with van der Waals surface area (Å²) in [5.74, 6) is -0.765. The summed E-state index contributed by atoms with van der Waals surface area (Å²) in [5, 5.41) is 3.60. The molecule has 1 aromatic heterocycles. The lowest BCUT2D eigenvalue weighted by Gasteiger charge is -2.32. The monoisotopic (exact) mass is 459 g/mol. The zero-order valence-corrected chi connectivity index (χ0v) is 17.5. The van der Waals surface area contributed by atoms with Gasteiger partial charge in [0, 0.05) is 25.2 Å². The van der Waals surface area contributed by atoms with Gasteiger partial charge in [0.1, 0.15) is 17.2 Å². The maximum atomic E-state index is 12.5. The van der Waals surface area contributed by atoms with Crippen LogP contribution in [0.15, 0.2) is 18.2 Å². The third-order valence-electron chi connectivity index (χ3n) is 4.21. The SMILES string of the molecule is NCC1CN(C(=O)Nc2snc(OCc3cccc(Cl)c3Cl)c2C(N)=O)CCO1. The van der Waals surface area contributed by atoms with Crippen LogP contribution in [0.2, 0.25) is 10.0 Å². The van der Waals surface area contributed by atoms with Gasteiger partial charge in [-0.2, -0.15) is 4.37 Å². The van der Waals surface area contributed by atoms with Crippen LogP contribution in [0.5, 0.6) is 5.88 Å². The Hall–Kier alpha value is -2.11. The van der Waals surface area contributed by atoms with E-state index in [4.69, 9.17) is 44.1 Å². The number of aromatic nitrogens is 1. The van der Waals surface area contributed by atoms with E-state index in [0.29, 0.717) is 41.8 Å². The minimum atomic E-state index is -0.775. The number of halogens is 2. The number of amides is 3. The minimum absolute atomic E-state index is 0.00913. The van der Waals surface area contributed by atoms with E-state index in [1.807, 2.05) is 0 Å². The Morgan fingerprint density at radius 3 is 2.93 bits per heavy atom. The Balaban J connectivity index is 1.72. The second kappa shape index (κ2) is 9.59. The smallest absolute Gasteiger partial charge is 0.322 e. The first kappa shape index (κ1) is 21.6. The molecule has 5 N–H and O–H groups in total. The van der Waals surface area contributed by atoms with E-state index in [1.165, 1.54) is 0 Å². The topological polar surface area (TPSA) is 133 Å². The van der Waals surface area contributed by atoms with Crippen LogP contribution < -0.4 is 21.5 Å². The van der Waals surface area contributed by atoms with Crippen molar-refractivity contribution >= 4 is 51.7 Å². The van der Waals surface area contributed by atoms with Gasteiger partial charge in [-0.25, -0.2) is 4.79 Å². The van der Waals surface area contributed by atoms with Gasteiger partial charge in [0.25, 0.3) is 5.91 Å². The Kier molecular flexibility index (Phi) is 7.14. The third kappa shape index (κ3) is 5.09. The van der Waals surface area contributed by atoms with Crippen LogP contribution in [-0.2, 0) is 11.3 Å². The van der Waals surface area contributed by atoms with Crippen molar-refractivity contribution in [2.45, 2.75) is 12.7 Å². The van der Waals surface area contributed by atoms with E-state index < -0.39 is 11.9 Å². The molecule has 2 heterocycles. The molecule has 3 rings (SSSR count). The molecule has 1 aromatic carbocycles. The third-order valence-corrected chi connectivity index (χ3v) is 5.82. The molecule has 0 spiro atoms. The first-order chi connectivity index (χ1) is 13.9. The first-order valence-corrected chi connectivity index (χ1v) is 10.2. The number of carbonyl (C=O) groups excluding carboxylic acids is 2. The fraction of sp³-hybridized carbons (Fsp3) is 0.353. The number of nitrogens with zero attached hydrogens (tertiary/aromatic N) is 2. The summed E-state index contributed by atoms with van der Waals surface area (Å²) < 4.78 is 15.2. The summed E-state index contributed by atoms with van der Waals surface area (Å²) in [6.45, 7) is 1.47. The molecule has 1 aliphatic rings. The van der Waals surface area contributed by atoms with Crippen LogP contribution in [0.3, 0.4) is 0 Å². The number of hydrogen-bond acceptors (Lipinski definition) is 7. The van der Waals surface area contributed by atoms with Crippen molar-refractivity contribution in [2.24, 2.45) is 11.5 Å². The molecule has 3 amide bonds. The average Bonchev–Trinajstić information content (AvgIpc) is 3.11. The molecule has 0 bridgehead atoms. The largest absolute Gasteiger partial charge is 0.472 e. The van der Waals surface area contributed by atoms with Gasteiger partial charge in [0.05, 0.1) is 22.8 Å². The van der Waals surface area contributed by atoms with Gasteiger partial charge < -0.3 is 25.8 Å². The summed E-state index contributed by atoms with van der Waals surface area (Å²) in [6, 6.07) is 4.72. The predicted molar refractivity (Wildman–Crippen MR) is 111 cm³/mol. The number of benzene rings is 1. The number of rotatable bonds is 6. The lowest BCUT2D eigenvalue weighted by molar-refractivity contribution is -0.00659. The highest BCUT2D eigenvalue weighted by Gasteiger charge is 2.27. The number of hydrogen-bond donors (Lipinski definition) is 3. The van der Waals surface area contributed by atoms with E-state index >= 15 is 0 Å². The lowest BCUT2D eigenvalue weighted by atomic mass is 10.2. The van der Waals surface area contributed by atoms with Gasteiger partial charge in [-0.1, -0.05) is 35.3 Å². The van der Waals surface area contributed by atoms with E-state index in [-0.39, 0.29) is 29.2 Å². The number of urea groups is 1. The van der Waals surface area contributed by atoms with Crippen molar-refractivity contribution in [1.29, 1.82) is 0 Å². The number of nitrogens with two attached hydrogens (primary N) is 2. The standard InChI is InChI=1S/C17H19Cl2N5O4S/c18-11-3-1-2-9(13(11)19)8-28-15-12(14(21)25)16(29-23-15)22-17(26)24-4-5-27-10(6-20)7-24/h1-3,10H,4-8,20H2,(H2,21,25)(H,22,26). The number of primary amides is 1.